The molecule has 1 aromatic rings. The summed E-state index contributed by atoms with van der Waals surface area (Å²) in [5.74, 6) is -1.75. The van der Waals surface area contributed by atoms with Crippen LogP contribution >= 0.6 is 0 Å². The van der Waals surface area contributed by atoms with E-state index < -0.39 is 36.5 Å². The van der Waals surface area contributed by atoms with Crippen LogP contribution in [0, 0.1) is 11.6 Å². The van der Waals surface area contributed by atoms with Crippen LogP contribution in [0.15, 0.2) is 12.1 Å². The SMILES string of the molecule is CCC(N)Cc1cc(F)c(N(C)CCC(F)(F)F)c(F)c1. The molecule has 0 saturated heterocycles. The van der Waals surface area contributed by atoms with E-state index in [4.69, 9.17) is 5.73 Å². The lowest BCUT2D eigenvalue weighted by Gasteiger charge is -2.22. The highest BCUT2D eigenvalue weighted by molar-refractivity contribution is 5.50. The van der Waals surface area contributed by atoms with Crippen molar-refractivity contribution in [1.29, 1.82) is 0 Å². The van der Waals surface area contributed by atoms with E-state index in [-0.39, 0.29) is 6.04 Å². The topological polar surface area (TPSA) is 29.3 Å². The molecule has 21 heavy (non-hydrogen) atoms. The molecule has 1 aromatic carbocycles. The van der Waals surface area contributed by atoms with Crippen molar-refractivity contribution >= 4 is 5.69 Å². The van der Waals surface area contributed by atoms with Crippen molar-refractivity contribution in [2.24, 2.45) is 5.73 Å². The summed E-state index contributed by atoms with van der Waals surface area (Å²) in [5, 5.41) is 0. The Bertz CT molecular complexity index is 450. The van der Waals surface area contributed by atoms with Crippen molar-refractivity contribution < 1.29 is 22.0 Å². The second-order valence-electron chi connectivity index (χ2n) is 5.07. The Hall–Kier alpha value is -1.37. The molecule has 0 amide bonds. The molecule has 0 heterocycles. The molecule has 0 saturated carbocycles. The second-order valence-corrected chi connectivity index (χ2v) is 5.07. The molecule has 1 unspecified atom stereocenters. The van der Waals surface area contributed by atoms with Gasteiger partial charge in [-0.1, -0.05) is 6.92 Å². The van der Waals surface area contributed by atoms with Gasteiger partial charge in [-0.2, -0.15) is 13.2 Å². The lowest BCUT2D eigenvalue weighted by atomic mass is 10.0. The maximum Gasteiger partial charge on any atom is 0.390 e. The van der Waals surface area contributed by atoms with Crippen LogP contribution in [0.5, 0.6) is 0 Å². The van der Waals surface area contributed by atoms with Gasteiger partial charge in [-0.3, -0.25) is 0 Å². The molecule has 1 rings (SSSR count). The fourth-order valence-corrected chi connectivity index (χ4v) is 1.95. The second kappa shape index (κ2) is 7.06. The zero-order valence-corrected chi connectivity index (χ0v) is 12.0. The Morgan fingerprint density at radius 1 is 1.19 bits per heavy atom. The summed E-state index contributed by atoms with van der Waals surface area (Å²) in [6, 6.07) is 2.04. The number of anilines is 1. The Morgan fingerprint density at radius 2 is 1.71 bits per heavy atom. The van der Waals surface area contributed by atoms with Gasteiger partial charge in [0.1, 0.15) is 17.3 Å². The highest BCUT2D eigenvalue weighted by atomic mass is 19.4. The van der Waals surface area contributed by atoms with Crippen LogP contribution in [-0.4, -0.2) is 25.8 Å². The molecule has 0 aliphatic heterocycles. The number of nitrogens with zero attached hydrogens (tertiary/aromatic N) is 1. The third kappa shape index (κ3) is 5.49. The van der Waals surface area contributed by atoms with Crippen LogP contribution in [0.4, 0.5) is 27.6 Å². The number of nitrogens with two attached hydrogens (primary N) is 1. The first-order chi connectivity index (χ1) is 9.64. The predicted molar refractivity (Wildman–Crippen MR) is 72.3 cm³/mol. The number of rotatable bonds is 6. The number of benzene rings is 1. The van der Waals surface area contributed by atoms with Gasteiger partial charge in [0.25, 0.3) is 0 Å². The minimum absolute atomic E-state index is 0.211. The highest BCUT2D eigenvalue weighted by Crippen LogP contribution is 2.27. The fraction of sp³-hybridized carbons (Fsp3) is 0.571. The van der Waals surface area contributed by atoms with Gasteiger partial charge in [-0.15, -0.1) is 0 Å². The van der Waals surface area contributed by atoms with Crippen LogP contribution in [0.2, 0.25) is 0 Å². The zero-order chi connectivity index (χ0) is 16.2. The van der Waals surface area contributed by atoms with Gasteiger partial charge in [0.05, 0.1) is 6.42 Å². The first-order valence-corrected chi connectivity index (χ1v) is 6.65. The van der Waals surface area contributed by atoms with Crippen molar-refractivity contribution in [2.45, 2.75) is 38.4 Å². The molecule has 2 nitrogen and oxygen atoms in total. The largest absolute Gasteiger partial charge is 0.390 e. The van der Waals surface area contributed by atoms with Gasteiger partial charge in [0, 0.05) is 19.6 Å². The molecule has 0 radical (unpaired) electrons. The molecule has 0 aliphatic rings. The van der Waals surface area contributed by atoms with Crippen molar-refractivity contribution in [1.82, 2.24) is 0 Å². The monoisotopic (exact) mass is 310 g/mol. The summed E-state index contributed by atoms with van der Waals surface area (Å²) in [4.78, 5) is 0.932. The third-order valence-corrected chi connectivity index (χ3v) is 3.21. The van der Waals surface area contributed by atoms with Crippen molar-refractivity contribution in [3.63, 3.8) is 0 Å². The molecule has 7 heteroatoms. The van der Waals surface area contributed by atoms with Gasteiger partial charge >= 0.3 is 6.18 Å². The molecule has 1 atom stereocenters. The van der Waals surface area contributed by atoms with E-state index >= 15 is 0 Å². The Labute approximate surface area is 120 Å². The van der Waals surface area contributed by atoms with E-state index in [1.54, 1.807) is 0 Å². The van der Waals surface area contributed by atoms with Gasteiger partial charge in [0.15, 0.2) is 0 Å². The normalized spacial score (nSPS) is 13.3. The molecular formula is C14H19F5N2. The summed E-state index contributed by atoms with van der Waals surface area (Å²) in [7, 11) is 1.23. The smallest absolute Gasteiger partial charge is 0.370 e. The first kappa shape index (κ1) is 17.7. The minimum atomic E-state index is -4.37. The summed E-state index contributed by atoms with van der Waals surface area (Å²) in [6.45, 7) is 1.35. The van der Waals surface area contributed by atoms with Crippen molar-refractivity contribution in [2.75, 3.05) is 18.5 Å². The lowest BCUT2D eigenvalue weighted by Crippen LogP contribution is -2.26. The van der Waals surface area contributed by atoms with E-state index in [0.29, 0.717) is 18.4 Å². The summed E-state index contributed by atoms with van der Waals surface area (Å²) < 4.78 is 64.3. The Balaban J connectivity index is 2.88. The van der Waals surface area contributed by atoms with Gasteiger partial charge in [-0.25, -0.2) is 8.78 Å². The van der Waals surface area contributed by atoms with Gasteiger partial charge < -0.3 is 10.6 Å². The van der Waals surface area contributed by atoms with E-state index in [0.717, 1.165) is 17.0 Å². The standard InChI is InChI=1S/C14H19F5N2/c1-3-10(20)6-9-7-11(15)13(12(16)8-9)21(2)5-4-14(17,18)19/h7-8,10H,3-6,20H2,1-2H3. The highest BCUT2D eigenvalue weighted by Gasteiger charge is 2.28. The average molecular weight is 310 g/mol. The van der Waals surface area contributed by atoms with Gasteiger partial charge in [0.2, 0.25) is 0 Å². The molecule has 2 N–H and O–H groups in total. The van der Waals surface area contributed by atoms with E-state index in [2.05, 4.69) is 0 Å². The Morgan fingerprint density at radius 3 is 2.14 bits per heavy atom. The van der Waals surface area contributed by atoms with Gasteiger partial charge in [-0.05, 0) is 30.5 Å². The number of hydrogen-bond acceptors (Lipinski definition) is 2. The lowest BCUT2D eigenvalue weighted by molar-refractivity contribution is -0.132. The van der Waals surface area contributed by atoms with Crippen LogP contribution in [0.3, 0.4) is 0 Å². The zero-order valence-electron chi connectivity index (χ0n) is 12.0. The molecule has 0 aromatic heterocycles. The van der Waals surface area contributed by atoms with E-state index in [1.165, 1.54) is 7.05 Å². The van der Waals surface area contributed by atoms with E-state index in [1.807, 2.05) is 6.92 Å². The number of alkyl halides is 3. The fourth-order valence-electron chi connectivity index (χ4n) is 1.95. The third-order valence-electron chi connectivity index (χ3n) is 3.21. The summed E-state index contributed by atoms with van der Waals surface area (Å²) in [6.07, 6.45) is -4.52. The predicted octanol–water partition coefficient (Wildman–Crippen LogP) is 3.63. The quantitative estimate of drug-likeness (QED) is 0.813. The van der Waals surface area contributed by atoms with Crippen molar-refractivity contribution in [3.8, 4) is 0 Å². The number of hydrogen-bond donors (Lipinski definition) is 1. The van der Waals surface area contributed by atoms with Crippen LogP contribution in [0.1, 0.15) is 25.3 Å². The maximum atomic E-state index is 13.9. The van der Waals surface area contributed by atoms with Crippen LogP contribution in [-0.2, 0) is 6.42 Å². The van der Waals surface area contributed by atoms with Crippen molar-refractivity contribution in [3.05, 3.63) is 29.3 Å². The Kier molecular flexibility index (Phi) is 5.95. The molecule has 0 spiro atoms. The maximum absolute atomic E-state index is 13.9. The molecule has 0 aliphatic carbocycles. The average Bonchev–Trinajstić information content (AvgIpc) is 2.34. The first-order valence-electron chi connectivity index (χ1n) is 6.65. The number of halogens is 5. The summed E-state index contributed by atoms with van der Waals surface area (Å²) in [5.41, 5.74) is 5.66. The molecule has 0 fully saturated rings. The van der Waals surface area contributed by atoms with Crippen LogP contribution < -0.4 is 10.6 Å². The van der Waals surface area contributed by atoms with E-state index in [9.17, 15) is 22.0 Å². The van der Waals surface area contributed by atoms with Crippen LogP contribution in [0.25, 0.3) is 0 Å². The molecule has 0 bridgehead atoms. The minimum Gasteiger partial charge on any atom is -0.370 e. The molecule has 120 valence electrons. The summed E-state index contributed by atoms with van der Waals surface area (Å²) >= 11 is 0. The molecular weight excluding hydrogens is 291 g/mol.